The van der Waals surface area contributed by atoms with Crippen LogP contribution in [-0.4, -0.2) is 35.4 Å². The predicted molar refractivity (Wildman–Crippen MR) is 103 cm³/mol. The number of para-hydroxylation sites is 1. The Morgan fingerprint density at radius 3 is 2.93 bits per heavy atom. The van der Waals surface area contributed by atoms with Gasteiger partial charge in [0.25, 0.3) is 0 Å². The Balaban J connectivity index is 1.40. The topological polar surface area (TPSA) is 45.2 Å². The number of fused-ring (bicyclic) bond motifs is 1. The molecule has 1 saturated heterocycles. The van der Waals surface area contributed by atoms with Gasteiger partial charge in [0.15, 0.2) is 0 Å². The summed E-state index contributed by atoms with van der Waals surface area (Å²) in [6.07, 6.45) is 2.03. The SMILES string of the molecule is O=C(CN1CCC[C@@H](c2nc3ccccc3s2)C1)Nc1ccc(F)cc1F. The van der Waals surface area contributed by atoms with E-state index in [0.29, 0.717) is 5.92 Å². The van der Waals surface area contributed by atoms with Gasteiger partial charge in [-0.05, 0) is 43.7 Å². The van der Waals surface area contributed by atoms with Crippen LogP contribution in [0.5, 0.6) is 0 Å². The van der Waals surface area contributed by atoms with Crippen molar-refractivity contribution in [3.63, 3.8) is 0 Å². The van der Waals surface area contributed by atoms with Crippen LogP contribution >= 0.6 is 11.3 Å². The number of rotatable bonds is 4. The standard InChI is InChI=1S/C20H19F2N3OS/c21-14-7-8-16(15(22)10-14)23-19(26)12-25-9-3-4-13(11-25)20-24-17-5-1-2-6-18(17)27-20/h1-2,5-8,10,13H,3-4,9,11-12H2,(H,23,26)/t13-/m1/s1. The molecular formula is C20H19F2N3OS. The van der Waals surface area contributed by atoms with Crippen molar-refractivity contribution < 1.29 is 13.6 Å². The number of halogens is 2. The lowest BCUT2D eigenvalue weighted by molar-refractivity contribution is -0.117. The predicted octanol–water partition coefficient (Wildman–Crippen LogP) is 4.39. The van der Waals surface area contributed by atoms with Crippen LogP contribution in [0.2, 0.25) is 0 Å². The fraction of sp³-hybridized carbons (Fsp3) is 0.300. The number of likely N-dealkylation sites (tertiary alicyclic amines) is 1. The molecule has 140 valence electrons. The van der Waals surface area contributed by atoms with Gasteiger partial charge in [0.05, 0.1) is 27.5 Å². The Bertz CT molecular complexity index is 942. The Kier molecular flexibility index (Phi) is 5.13. The third kappa shape index (κ3) is 4.14. The summed E-state index contributed by atoms with van der Waals surface area (Å²) in [7, 11) is 0. The minimum absolute atomic E-state index is 0.00105. The molecule has 2 aromatic carbocycles. The first-order valence-corrected chi connectivity index (χ1v) is 9.73. The molecule has 1 aromatic heterocycles. The van der Waals surface area contributed by atoms with Gasteiger partial charge in [-0.25, -0.2) is 13.8 Å². The molecule has 1 N–H and O–H groups in total. The van der Waals surface area contributed by atoms with Crippen molar-refractivity contribution in [2.24, 2.45) is 0 Å². The van der Waals surface area contributed by atoms with Crippen molar-refractivity contribution >= 4 is 33.1 Å². The summed E-state index contributed by atoms with van der Waals surface area (Å²) in [6.45, 7) is 1.75. The smallest absolute Gasteiger partial charge is 0.238 e. The normalized spacial score (nSPS) is 17.9. The van der Waals surface area contributed by atoms with Crippen LogP contribution in [0.4, 0.5) is 14.5 Å². The minimum Gasteiger partial charge on any atom is -0.322 e. The molecule has 0 spiro atoms. The summed E-state index contributed by atoms with van der Waals surface area (Å²) < 4.78 is 27.8. The molecule has 7 heteroatoms. The maximum Gasteiger partial charge on any atom is 0.238 e. The van der Waals surface area contributed by atoms with E-state index in [1.165, 1.54) is 10.8 Å². The number of hydrogen-bond donors (Lipinski definition) is 1. The zero-order chi connectivity index (χ0) is 18.8. The Hall–Kier alpha value is -2.38. The zero-order valence-electron chi connectivity index (χ0n) is 14.6. The highest BCUT2D eigenvalue weighted by Gasteiger charge is 2.25. The quantitative estimate of drug-likeness (QED) is 0.722. The molecule has 0 bridgehead atoms. The number of nitrogens with zero attached hydrogens (tertiary/aromatic N) is 2. The summed E-state index contributed by atoms with van der Waals surface area (Å²) in [5, 5.41) is 3.63. The molecule has 2 heterocycles. The first-order valence-electron chi connectivity index (χ1n) is 8.91. The zero-order valence-corrected chi connectivity index (χ0v) is 15.4. The number of carbonyl (C=O) groups excluding carboxylic acids is 1. The van der Waals surface area contributed by atoms with Crippen LogP contribution in [0.3, 0.4) is 0 Å². The van der Waals surface area contributed by atoms with Crippen molar-refractivity contribution in [1.29, 1.82) is 0 Å². The van der Waals surface area contributed by atoms with E-state index in [2.05, 4.69) is 16.3 Å². The molecule has 4 rings (SSSR count). The molecule has 1 amide bonds. The van der Waals surface area contributed by atoms with Crippen LogP contribution in [0, 0.1) is 11.6 Å². The lowest BCUT2D eigenvalue weighted by Gasteiger charge is -2.31. The average Bonchev–Trinajstić information content (AvgIpc) is 3.08. The highest BCUT2D eigenvalue weighted by Crippen LogP contribution is 2.32. The van der Waals surface area contributed by atoms with Crippen LogP contribution in [0.1, 0.15) is 23.8 Å². The molecule has 0 radical (unpaired) electrons. The first kappa shape index (κ1) is 18.0. The summed E-state index contributed by atoms with van der Waals surface area (Å²) in [5.74, 6) is -1.44. The number of thiazole rings is 1. The number of nitrogens with one attached hydrogen (secondary N) is 1. The monoisotopic (exact) mass is 387 g/mol. The van der Waals surface area contributed by atoms with Crippen LogP contribution < -0.4 is 5.32 Å². The lowest BCUT2D eigenvalue weighted by Crippen LogP contribution is -2.39. The Morgan fingerprint density at radius 1 is 1.26 bits per heavy atom. The summed E-state index contributed by atoms with van der Waals surface area (Å²) in [4.78, 5) is 19.1. The maximum atomic E-state index is 13.7. The lowest BCUT2D eigenvalue weighted by atomic mass is 9.99. The van der Waals surface area contributed by atoms with Gasteiger partial charge in [-0.2, -0.15) is 0 Å². The number of carbonyl (C=O) groups is 1. The molecule has 3 aromatic rings. The number of benzene rings is 2. The van der Waals surface area contributed by atoms with Gasteiger partial charge in [-0.1, -0.05) is 12.1 Å². The van der Waals surface area contributed by atoms with E-state index >= 15 is 0 Å². The van der Waals surface area contributed by atoms with E-state index in [0.717, 1.165) is 48.6 Å². The molecule has 4 nitrogen and oxygen atoms in total. The maximum absolute atomic E-state index is 13.7. The molecule has 0 saturated carbocycles. The first-order chi connectivity index (χ1) is 13.1. The molecule has 27 heavy (non-hydrogen) atoms. The number of hydrogen-bond acceptors (Lipinski definition) is 4. The fourth-order valence-corrected chi connectivity index (χ4v) is 4.54. The van der Waals surface area contributed by atoms with Crippen molar-refractivity contribution in [2.75, 3.05) is 25.0 Å². The fourth-order valence-electron chi connectivity index (χ4n) is 3.45. The van der Waals surface area contributed by atoms with Gasteiger partial charge >= 0.3 is 0 Å². The van der Waals surface area contributed by atoms with E-state index in [-0.39, 0.29) is 18.1 Å². The second kappa shape index (κ2) is 7.70. The molecule has 1 aliphatic heterocycles. The van der Waals surface area contributed by atoms with E-state index < -0.39 is 11.6 Å². The van der Waals surface area contributed by atoms with Crippen LogP contribution in [0.25, 0.3) is 10.2 Å². The summed E-state index contributed by atoms with van der Waals surface area (Å²) in [5.41, 5.74) is 1.01. The number of anilines is 1. The van der Waals surface area contributed by atoms with E-state index in [4.69, 9.17) is 4.98 Å². The van der Waals surface area contributed by atoms with E-state index in [9.17, 15) is 13.6 Å². The third-order valence-electron chi connectivity index (χ3n) is 4.74. The highest BCUT2D eigenvalue weighted by molar-refractivity contribution is 7.18. The number of piperidine rings is 1. The van der Waals surface area contributed by atoms with Gasteiger partial charge in [0.2, 0.25) is 5.91 Å². The van der Waals surface area contributed by atoms with Crippen molar-refractivity contribution in [3.05, 3.63) is 59.1 Å². The van der Waals surface area contributed by atoms with E-state index in [1.54, 1.807) is 11.3 Å². The summed E-state index contributed by atoms with van der Waals surface area (Å²) in [6, 6.07) is 11.2. The van der Waals surface area contributed by atoms with E-state index in [1.807, 2.05) is 18.2 Å². The second-order valence-corrected chi connectivity index (χ2v) is 7.83. The Morgan fingerprint density at radius 2 is 2.11 bits per heavy atom. The van der Waals surface area contributed by atoms with Gasteiger partial charge in [0, 0.05) is 18.5 Å². The molecule has 1 aliphatic rings. The van der Waals surface area contributed by atoms with Gasteiger partial charge in [-0.3, -0.25) is 9.69 Å². The summed E-state index contributed by atoms with van der Waals surface area (Å²) >= 11 is 1.71. The van der Waals surface area contributed by atoms with Gasteiger partial charge < -0.3 is 5.32 Å². The number of aromatic nitrogens is 1. The molecular weight excluding hydrogens is 368 g/mol. The largest absolute Gasteiger partial charge is 0.322 e. The van der Waals surface area contributed by atoms with Gasteiger partial charge in [-0.15, -0.1) is 11.3 Å². The third-order valence-corrected chi connectivity index (χ3v) is 5.94. The number of amides is 1. The molecule has 0 unspecified atom stereocenters. The Labute approximate surface area is 159 Å². The van der Waals surface area contributed by atoms with Crippen LogP contribution in [0.15, 0.2) is 42.5 Å². The highest BCUT2D eigenvalue weighted by atomic mass is 32.1. The van der Waals surface area contributed by atoms with Crippen LogP contribution in [-0.2, 0) is 4.79 Å². The van der Waals surface area contributed by atoms with Crippen molar-refractivity contribution in [3.8, 4) is 0 Å². The molecule has 0 aliphatic carbocycles. The second-order valence-electron chi connectivity index (χ2n) is 6.77. The molecule has 1 fully saturated rings. The van der Waals surface area contributed by atoms with Crippen molar-refractivity contribution in [1.82, 2.24) is 9.88 Å². The van der Waals surface area contributed by atoms with Crippen molar-refractivity contribution in [2.45, 2.75) is 18.8 Å². The average molecular weight is 387 g/mol. The minimum atomic E-state index is -0.769. The van der Waals surface area contributed by atoms with Gasteiger partial charge in [0.1, 0.15) is 11.6 Å². The molecule has 1 atom stereocenters.